The number of rotatable bonds is 7. The van der Waals surface area contributed by atoms with Gasteiger partial charge >= 0.3 is 0 Å². The number of thioether (sulfide) groups is 1. The standard InChI is InChI=1S/C12H16ClNOS/c1-2-7-16-8-6-14-9-10-4-3-5-11(13)12(10)15/h2-5,14-15H,1,6-9H2. The van der Waals surface area contributed by atoms with Crippen LogP contribution >= 0.6 is 23.4 Å². The van der Waals surface area contributed by atoms with E-state index < -0.39 is 0 Å². The van der Waals surface area contributed by atoms with Crippen LogP contribution in [-0.2, 0) is 6.54 Å². The van der Waals surface area contributed by atoms with Crippen LogP contribution in [0.2, 0.25) is 5.02 Å². The minimum atomic E-state index is 0.176. The van der Waals surface area contributed by atoms with E-state index in [2.05, 4.69) is 11.9 Å². The molecule has 2 nitrogen and oxygen atoms in total. The van der Waals surface area contributed by atoms with Crippen molar-refractivity contribution in [3.8, 4) is 5.75 Å². The zero-order valence-electron chi connectivity index (χ0n) is 9.08. The van der Waals surface area contributed by atoms with Gasteiger partial charge in [0.25, 0.3) is 0 Å². The van der Waals surface area contributed by atoms with Crippen molar-refractivity contribution < 1.29 is 5.11 Å². The number of phenolic OH excluding ortho intramolecular Hbond substituents is 1. The van der Waals surface area contributed by atoms with Crippen LogP contribution in [0.25, 0.3) is 0 Å². The third-order valence-electron chi connectivity index (χ3n) is 2.04. The molecule has 0 aromatic heterocycles. The Morgan fingerprint density at radius 2 is 2.31 bits per heavy atom. The maximum atomic E-state index is 9.65. The average molecular weight is 258 g/mol. The highest BCUT2D eigenvalue weighted by atomic mass is 35.5. The number of para-hydroxylation sites is 1. The molecule has 0 bridgehead atoms. The van der Waals surface area contributed by atoms with Crippen LogP contribution in [0.4, 0.5) is 0 Å². The van der Waals surface area contributed by atoms with E-state index >= 15 is 0 Å². The van der Waals surface area contributed by atoms with Crippen LogP contribution in [0.5, 0.6) is 5.75 Å². The first kappa shape index (κ1) is 13.4. The number of phenols is 1. The van der Waals surface area contributed by atoms with Crippen molar-refractivity contribution in [1.82, 2.24) is 5.32 Å². The van der Waals surface area contributed by atoms with E-state index in [1.54, 1.807) is 6.07 Å². The molecule has 0 radical (unpaired) electrons. The smallest absolute Gasteiger partial charge is 0.138 e. The van der Waals surface area contributed by atoms with Gasteiger partial charge in [0, 0.05) is 30.2 Å². The molecule has 0 aliphatic heterocycles. The van der Waals surface area contributed by atoms with Crippen LogP contribution in [0.1, 0.15) is 5.56 Å². The van der Waals surface area contributed by atoms with E-state index in [9.17, 15) is 5.11 Å². The van der Waals surface area contributed by atoms with Crippen LogP contribution < -0.4 is 5.32 Å². The fourth-order valence-corrected chi connectivity index (χ4v) is 2.05. The molecule has 0 atom stereocenters. The summed E-state index contributed by atoms with van der Waals surface area (Å²) in [6.07, 6.45) is 1.90. The largest absolute Gasteiger partial charge is 0.506 e. The van der Waals surface area contributed by atoms with Gasteiger partial charge in [0.1, 0.15) is 5.75 Å². The first-order chi connectivity index (χ1) is 7.75. The van der Waals surface area contributed by atoms with Crippen molar-refractivity contribution >= 4 is 23.4 Å². The number of aromatic hydroxyl groups is 1. The molecule has 0 aliphatic rings. The number of benzene rings is 1. The van der Waals surface area contributed by atoms with Crippen LogP contribution in [0.15, 0.2) is 30.9 Å². The Labute approximate surface area is 106 Å². The van der Waals surface area contributed by atoms with Gasteiger partial charge in [-0.15, -0.1) is 6.58 Å². The third-order valence-corrected chi connectivity index (χ3v) is 3.31. The van der Waals surface area contributed by atoms with Gasteiger partial charge in [-0.25, -0.2) is 0 Å². The van der Waals surface area contributed by atoms with E-state index in [1.165, 1.54) is 0 Å². The van der Waals surface area contributed by atoms with Crippen molar-refractivity contribution in [2.24, 2.45) is 0 Å². The summed E-state index contributed by atoms with van der Waals surface area (Å²) in [7, 11) is 0. The third kappa shape index (κ3) is 4.47. The summed E-state index contributed by atoms with van der Waals surface area (Å²) in [6.45, 7) is 5.21. The van der Waals surface area contributed by atoms with Crippen LogP contribution in [-0.4, -0.2) is 23.2 Å². The Hall–Kier alpha value is -0.640. The fourth-order valence-electron chi connectivity index (χ4n) is 1.24. The topological polar surface area (TPSA) is 32.3 Å². The van der Waals surface area contributed by atoms with Gasteiger partial charge in [-0.2, -0.15) is 11.8 Å². The second kappa shape index (κ2) is 7.60. The summed E-state index contributed by atoms with van der Waals surface area (Å²) in [6, 6.07) is 5.39. The highest BCUT2D eigenvalue weighted by Gasteiger charge is 2.03. The minimum Gasteiger partial charge on any atom is -0.506 e. The lowest BCUT2D eigenvalue weighted by atomic mass is 10.2. The maximum Gasteiger partial charge on any atom is 0.138 e. The molecule has 2 N–H and O–H groups in total. The molecule has 1 rings (SSSR count). The quantitative estimate of drug-likeness (QED) is 0.582. The summed E-state index contributed by atoms with van der Waals surface area (Å²) in [5.41, 5.74) is 0.834. The lowest BCUT2D eigenvalue weighted by Gasteiger charge is -2.07. The van der Waals surface area contributed by atoms with Crippen molar-refractivity contribution in [2.75, 3.05) is 18.1 Å². The fraction of sp³-hybridized carbons (Fsp3) is 0.333. The van der Waals surface area contributed by atoms with Crippen molar-refractivity contribution in [3.63, 3.8) is 0 Å². The van der Waals surface area contributed by atoms with E-state index in [4.69, 9.17) is 11.6 Å². The molecule has 0 unspecified atom stereocenters. The molecule has 1 aromatic rings. The monoisotopic (exact) mass is 257 g/mol. The Morgan fingerprint density at radius 3 is 3.06 bits per heavy atom. The molecule has 0 spiro atoms. The Bertz CT molecular complexity index is 344. The Morgan fingerprint density at radius 1 is 1.50 bits per heavy atom. The van der Waals surface area contributed by atoms with E-state index in [0.29, 0.717) is 11.6 Å². The molecular weight excluding hydrogens is 242 g/mol. The van der Waals surface area contributed by atoms with Crippen LogP contribution in [0.3, 0.4) is 0 Å². The number of hydrogen-bond donors (Lipinski definition) is 2. The van der Waals surface area contributed by atoms with Crippen LogP contribution in [0, 0.1) is 0 Å². The van der Waals surface area contributed by atoms with Crippen molar-refractivity contribution in [2.45, 2.75) is 6.54 Å². The summed E-state index contributed by atoms with van der Waals surface area (Å²) in [4.78, 5) is 0. The van der Waals surface area contributed by atoms with Gasteiger partial charge in [0.05, 0.1) is 5.02 Å². The molecule has 0 fully saturated rings. The summed E-state index contributed by atoms with van der Waals surface area (Å²) in [5, 5.41) is 13.3. The molecule has 0 amide bonds. The van der Waals surface area contributed by atoms with Crippen molar-refractivity contribution in [3.05, 3.63) is 41.4 Å². The molecular formula is C12H16ClNOS. The molecule has 88 valence electrons. The van der Waals surface area contributed by atoms with E-state index in [0.717, 1.165) is 23.6 Å². The normalized spacial score (nSPS) is 10.3. The molecule has 0 saturated carbocycles. The predicted octanol–water partition coefficient (Wildman–Crippen LogP) is 3.05. The number of nitrogens with one attached hydrogen (secondary N) is 1. The molecule has 4 heteroatoms. The lowest BCUT2D eigenvalue weighted by Crippen LogP contribution is -2.16. The van der Waals surface area contributed by atoms with E-state index in [1.807, 2.05) is 30.0 Å². The molecule has 16 heavy (non-hydrogen) atoms. The highest BCUT2D eigenvalue weighted by molar-refractivity contribution is 7.99. The SMILES string of the molecule is C=CCSCCNCc1cccc(Cl)c1O. The molecule has 0 heterocycles. The van der Waals surface area contributed by atoms with Crippen molar-refractivity contribution in [1.29, 1.82) is 0 Å². The lowest BCUT2D eigenvalue weighted by molar-refractivity contribution is 0.465. The Kier molecular flexibility index (Phi) is 6.38. The zero-order chi connectivity index (χ0) is 11.8. The first-order valence-corrected chi connectivity index (χ1v) is 6.64. The van der Waals surface area contributed by atoms with Gasteiger partial charge in [0.2, 0.25) is 0 Å². The minimum absolute atomic E-state index is 0.176. The second-order valence-corrected chi connectivity index (χ2v) is 4.84. The number of hydrogen-bond acceptors (Lipinski definition) is 3. The summed E-state index contributed by atoms with van der Waals surface area (Å²) >= 11 is 7.63. The van der Waals surface area contributed by atoms with Gasteiger partial charge < -0.3 is 10.4 Å². The molecule has 0 aliphatic carbocycles. The van der Waals surface area contributed by atoms with Gasteiger partial charge in [-0.3, -0.25) is 0 Å². The molecule has 0 saturated heterocycles. The molecule has 1 aromatic carbocycles. The second-order valence-electron chi connectivity index (χ2n) is 3.29. The maximum absolute atomic E-state index is 9.65. The number of halogens is 1. The summed E-state index contributed by atoms with van der Waals surface area (Å²) < 4.78 is 0. The average Bonchev–Trinajstić information content (AvgIpc) is 2.29. The Balaban J connectivity index is 2.26. The zero-order valence-corrected chi connectivity index (χ0v) is 10.7. The summed E-state index contributed by atoms with van der Waals surface area (Å²) in [5.74, 6) is 2.19. The first-order valence-electron chi connectivity index (χ1n) is 5.11. The van der Waals surface area contributed by atoms with Gasteiger partial charge in [-0.05, 0) is 6.07 Å². The van der Waals surface area contributed by atoms with Gasteiger partial charge in [-0.1, -0.05) is 29.8 Å². The van der Waals surface area contributed by atoms with E-state index in [-0.39, 0.29) is 5.75 Å². The highest BCUT2D eigenvalue weighted by Crippen LogP contribution is 2.26. The van der Waals surface area contributed by atoms with Gasteiger partial charge in [0.15, 0.2) is 0 Å². The predicted molar refractivity (Wildman–Crippen MR) is 72.3 cm³/mol.